The van der Waals surface area contributed by atoms with Crippen LogP contribution in [-0.2, 0) is 0 Å². The van der Waals surface area contributed by atoms with Gasteiger partial charge in [0.05, 0.1) is 0 Å². The lowest BCUT2D eigenvalue weighted by Gasteiger charge is -2.26. The molecule has 3 atom stereocenters. The minimum Gasteiger partial charge on any atom is -0.316 e. The largest absolute Gasteiger partial charge is 0.316 e. The quantitative estimate of drug-likeness (QED) is 0.740. The molecule has 16 heavy (non-hydrogen) atoms. The lowest BCUT2D eigenvalue weighted by atomic mass is 10.0. The molecule has 0 radical (unpaired) electrons. The monoisotopic (exact) mass is 223 g/mol. The number of fused-ring (bicyclic) bond motifs is 1. The fourth-order valence-corrected chi connectivity index (χ4v) is 3.72. The molecule has 0 saturated carbocycles. The van der Waals surface area contributed by atoms with E-state index >= 15 is 0 Å². The first-order valence-corrected chi connectivity index (χ1v) is 6.93. The molecule has 3 nitrogen and oxygen atoms in total. The van der Waals surface area contributed by atoms with Crippen molar-refractivity contribution in [3.63, 3.8) is 0 Å². The number of nitrogens with zero attached hydrogens (tertiary/aromatic N) is 2. The molecule has 0 aromatic carbocycles. The van der Waals surface area contributed by atoms with Crippen LogP contribution in [0.25, 0.3) is 0 Å². The van der Waals surface area contributed by atoms with Gasteiger partial charge in [0.25, 0.3) is 0 Å². The van der Waals surface area contributed by atoms with Crippen LogP contribution in [-0.4, -0.2) is 61.2 Å². The molecule has 0 aliphatic carbocycles. The Bertz CT molecular complexity index is 242. The van der Waals surface area contributed by atoms with E-state index in [-0.39, 0.29) is 0 Å². The van der Waals surface area contributed by atoms with Gasteiger partial charge in [0.2, 0.25) is 0 Å². The third-order valence-electron chi connectivity index (χ3n) is 4.86. The maximum absolute atomic E-state index is 3.53. The SMILES string of the molecule is CC(C)N1CCC(N2C[C@H]3CNC[C@H]3C2)C1. The zero-order chi connectivity index (χ0) is 11.1. The topological polar surface area (TPSA) is 18.5 Å². The average Bonchev–Trinajstić information content (AvgIpc) is 2.91. The van der Waals surface area contributed by atoms with Crippen LogP contribution in [0.5, 0.6) is 0 Å². The summed E-state index contributed by atoms with van der Waals surface area (Å²) in [5.41, 5.74) is 0. The predicted molar refractivity (Wildman–Crippen MR) is 66.5 cm³/mol. The Labute approximate surface area is 99.2 Å². The molecule has 3 heteroatoms. The second kappa shape index (κ2) is 4.28. The molecular weight excluding hydrogens is 198 g/mol. The first-order chi connectivity index (χ1) is 7.74. The smallest absolute Gasteiger partial charge is 0.0235 e. The predicted octanol–water partition coefficient (Wildman–Crippen LogP) is 0.620. The van der Waals surface area contributed by atoms with Crippen molar-refractivity contribution in [1.82, 2.24) is 15.1 Å². The van der Waals surface area contributed by atoms with Crippen molar-refractivity contribution in [3.05, 3.63) is 0 Å². The maximum Gasteiger partial charge on any atom is 0.0235 e. The number of hydrogen-bond acceptors (Lipinski definition) is 3. The maximum atomic E-state index is 3.53. The van der Waals surface area contributed by atoms with Gasteiger partial charge in [-0.2, -0.15) is 0 Å². The highest BCUT2D eigenvalue weighted by Crippen LogP contribution is 2.30. The Morgan fingerprint density at radius 3 is 2.31 bits per heavy atom. The number of nitrogens with one attached hydrogen (secondary N) is 1. The second-order valence-electron chi connectivity index (χ2n) is 6.16. The minimum atomic E-state index is 0.730. The Hall–Kier alpha value is -0.120. The molecule has 3 aliphatic rings. The summed E-state index contributed by atoms with van der Waals surface area (Å²) in [6, 6.07) is 1.58. The summed E-state index contributed by atoms with van der Waals surface area (Å²) >= 11 is 0. The Balaban J connectivity index is 1.56. The first-order valence-electron chi connectivity index (χ1n) is 6.93. The van der Waals surface area contributed by atoms with E-state index in [0.717, 1.165) is 23.9 Å². The van der Waals surface area contributed by atoms with E-state index in [9.17, 15) is 0 Å². The van der Waals surface area contributed by atoms with E-state index in [4.69, 9.17) is 0 Å². The van der Waals surface area contributed by atoms with Crippen LogP contribution in [0.2, 0.25) is 0 Å². The van der Waals surface area contributed by atoms with Gasteiger partial charge in [0.1, 0.15) is 0 Å². The van der Waals surface area contributed by atoms with Gasteiger partial charge in [-0.15, -0.1) is 0 Å². The highest BCUT2D eigenvalue weighted by Gasteiger charge is 2.40. The van der Waals surface area contributed by atoms with Gasteiger partial charge < -0.3 is 5.32 Å². The zero-order valence-corrected chi connectivity index (χ0v) is 10.7. The molecule has 0 amide bonds. The Morgan fingerprint density at radius 2 is 1.75 bits per heavy atom. The summed E-state index contributed by atoms with van der Waals surface area (Å²) in [7, 11) is 0. The number of hydrogen-bond donors (Lipinski definition) is 1. The fraction of sp³-hybridized carbons (Fsp3) is 1.00. The summed E-state index contributed by atoms with van der Waals surface area (Å²) in [5.74, 6) is 1.90. The minimum absolute atomic E-state index is 0.730. The molecule has 3 fully saturated rings. The van der Waals surface area contributed by atoms with Gasteiger partial charge in [-0.05, 0) is 45.2 Å². The Kier molecular flexibility index (Phi) is 2.94. The van der Waals surface area contributed by atoms with Crippen LogP contribution < -0.4 is 5.32 Å². The van der Waals surface area contributed by atoms with Crippen molar-refractivity contribution in [2.75, 3.05) is 39.3 Å². The van der Waals surface area contributed by atoms with E-state index in [1.54, 1.807) is 0 Å². The number of rotatable bonds is 2. The first kappa shape index (κ1) is 11.0. The molecule has 1 N–H and O–H groups in total. The molecule has 1 unspecified atom stereocenters. The van der Waals surface area contributed by atoms with Crippen LogP contribution in [0.4, 0.5) is 0 Å². The zero-order valence-electron chi connectivity index (χ0n) is 10.7. The lowest BCUT2D eigenvalue weighted by molar-refractivity contribution is 0.204. The summed E-state index contributed by atoms with van der Waals surface area (Å²) in [4.78, 5) is 5.41. The summed E-state index contributed by atoms with van der Waals surface area (Å²) < 4.78 is 0. The van der Waals surface area contributed by atoms with Crippen LogP contribution >= 0.6 is 0 Å². The summed E-state index contributed by atoms with van der Waals surface area (Å²) in [6.45, 7) is 12.5. The Morgan fingerprint density at radius 1 is 1.06 bits per heavy atom. The molecule has 0 bridgehead atoms. The van der Waals surface area contributed by atoms with Crippen LogP contribution in [0.1, 0.15) is 20.3 Å². The summed E-state index contributed by atoms with van der Waals surface area (Å²) in [5, 5.41) is 3.53. The van der Waals surface area contributed by atoms with E-state index in [1.807, 2.05) is 0 Å². The van der Waals surface area contributed by atoms with E-state index in [1.165, 1.54) is 45.7 Å². The standard InChI is InChI=1S/C13H25N3/c1-10(2)15-4-3-13(9-15)16-7-11-5-14-6-12(11)8-16/h10-14H,3-9H2,1-2H3/t11-,12+,13?. The van der Waals surface area contributed by atoms with Gasteiger partial charge in [-0.25, -0.2) is 0 Å². The second-order valence-corrected chi connectivity index (χ2v) is 6.16. The van der Waals surface area contributed by atoms with Crippen molar-refractivity contribution in [1.29, 1.82) is 0 Å². The van der Waals surface area contributed by atoms with Crippen molar-refractivity contribution in [3.8, 4) is 0 Å². The molecule has 0 spiro atoms. The van der Waals surface area contributed by atoms with Gasteiger partial charge in [0, 0.05) is 38.3 Å². The van der Waals surface area contributed by atoms with Crippen molar-refractivity contribution in [2.45, 2.75) is 32.4 Å². The van der Waals surface area contributed by atoms with Crippen molar-refractivity contribution in [2.24, 2.45) is 11.8 Å². The molecular formula is C13H25N3. The van der Waals surface area contributed by atoms with E-state index < -0.39 is 0 Å². The molecule has 3 aliphatic heterocycles. The molecule has 92 valence electrons. The normalized spacial score (nSPS) is 41.1. The highest BCUT2D eigenvalue weighted by atomic mass is 15.3. The molecule has 3 rings (SSSR count). The van der Waals surface area contributed by atoms with Gasteiger partial charge in [-0.3, -0.25) is 9.80 Å². The van der Waals surface area contributed by atoms with Crippen molar-refractivity contribution < 1.29 is 0 Å². The average molecular weight is 223 g/mol. The van der Waals surface area contributed by atoms with Crippen LogP contribution in [0, 0.1) is 11.8 Å². The fourth-order valence-electron chi connectivity index (χ4n) is 3.72. The van der Waals surface area contributed by atoms with E-state index in [2.05, 4.69) is 29.0 Å². The van der Waals surface area contributed by atoms with Gasteiger partial charge in [0.15, 0.2) is 0 Å². The van der Waals surface area contributed by atoms with Gasteiger partial charge >= 0.3 is 0 Å². The van der Waals surface area contributed by atoms with Crippen LogP contribution in [0.3, 0.4) is 0 Å². The lowest BCUT2D eigenvalue weighted by Crippen LogP contribution is -2.39. The van der Waals surface area contributed by atoms with Gasteiger partial charge in [-0.1, -0.05) is 0 Å². The van der Waals surface area contributed by atoms with Crippen LogP contribution in [0.15, 0.2) is 0 Å². The number of likely N-dealkylation sites (tertiary alicyclic amines) is 2. The molecule has 0 aromatic heterocycles. The molecule has 3 heterocycles. The molecule has 3 saturated heterocycles. The van der Waals surface area contributed by atoms with E-state index in [0.29, 0.717) is 0 Å². The third-order valence-corrected chi connectivity index (χ3v) is 4.86. The summed E-state index contributed by atoms with van der Waals surface area (Å²) in [6.07, 6.45) is 1.39. The molecule has 0 aromatic rings. The highest BCUT2D eigenvalue weighted by molar-refractivity contribution is 4.96. The van der Waals surface area contributed by atoms with Crippen molar-refractivity contribution >= 4 is 0 Å². The third kappa shape index (κ3) is 1.89.